The van der Waals surface area contributed by atoms with Gasteiger partial charge in [0.05, 0.1) is 11.9 Å². The molecule has 0 spiro atoms. The maximum Gasteiger partial charge on any atom is 0.129 e. The van der Waals surface area contributed by atoms with E-state index in [1.54, 1.807) is 6.20 Å². The predicted molar refractivity (Wildman–Crippen MR) is 59.7 cm³/mol. The lowest BCUT2D eigenvalue weighted by Crippen LogP contribution is -2.15. The minimum atomic E-state index is 0.551. The number of nitrogens with zero attached hydrogens (tertiary/aromatic N) is 1. The summed E-state index contributed by atoms with van der Waals surface area (Å²) in [6, 6.07) is 4.42. The molecule has 1 fully saturated rings. The van der Waals surface area contributed by atoms with Crippen LogP contribution in [0.4, 0.5) is 5.69 Å². The number of pyridine rings is 1. The lowest BCUT2D eigenvalue weighted by Gasteiger charge is -2.13. The zero-order valence-electron chi connectivity index (χ0n) is 8.33. The van der Waals surface area contributed by atoms with Crippen LogP contribution < -0.4 is 5.32 Å². The van der Waals surface area contributed by atoms with E-state index < -0.39 is 0 Å². The van der Waals surface area contributed by atoms with Crippen molar-refractivity contribution < 1.29 is 0 Å². The number of hydrogen-bond acceptors (Lipinski definition) is 2. The first kappa shape index (κ1) is 9.78. The molecule has 1 aliphatic rings. The number of rotatable bonds is 2. The number of aromatic nitrogens is 1. The van der Waals surface area contributed by atoms with Gasteiger partial charge in [0.1, 0.15) is 5.15 Å². The second-order valence-electron chi connectivity index (χ2n) is 4.13. The maximum atomic E-state index is 5.71. The Kier molecular flexibility index (Phi) is 2.92. The van der Waals surface area contributed by atoms with E-state index >= 15 is 0 Å². The summed E-state index contributed by atoms with van der Waals surface area (Å²) in [7, 11) is 0. The van der Waals surface area contributed by atoms with Crippen molar-refractivity contribution in [3.8, 4) is 0 Å². The maximum absolute atomic E-state index is 5.71. The summed E-state index contributed by atoms with van der Waals surface area (Å²) in [4.78, 5) is 4.04. The van der Waals surface area contributed by atoms with Crippen LogP contribution in [0.25, 0.3) is 0 Å². The topological polar surface area (TPSA) is 24.9 Å². The first-order valence-corrected chi connectivity index (χ1v) is 5.50. The van der Waals surface area contributed by atoms with Gasteiger partial charge in [-0.1, -0.05) is 18.5 Å². The van der Waals surface area contributed by atoms with Crippen molar-refractivity contribution in [1.29, 1.82) is 0 Å². The van der Waals surface area contributed by atoms with E-state index in [1.807, 2.05) is 12.1 Å². The van der Waals surface area contributed by atoms with Crippen molar-refractivity contribution in [3.63, 3.8) is 0 Å². The SMILES string of the molecule is C[C@@H]1CC[C@H](Nc2ccc(Cl)nc2)C1. The van der Waals surface area contributed by atoms with E-state index in [9.17, 15) is 0 Å². The number of hydrogen-bond donors (Lipinski definition) is 1. The molecule has 1 aliphatic carbocycles. The predicted octanol–water partition coefficient (Wildman–Crippen LogP) is 3.34. The Bertz CT molecular complexity index is 297. The van der Waals surface area contributed by atoms with Gasteiger partial charge in [0.25, 0.3) is 0 Å². The van der Waals surface area contributed by atoms with Crippen LogP contribution in [0.2, 0.25) is 5.15 Å². The van der Waals surface area contributed by atoms with Gasteiger partial charge in [-0.3, -0.25) is 0 Å². The molecule has 0 saturated heterocycles. The van der Waals surface area contributed by atoms with E-state index in [0.717, 1.165) is 11.6 Å². The molecule has 0 bridgehead atoms. The molecular formula is C11H15ClN2. The van der Waals surface area contributed by atoms with E-state index in [-0.39, 0.29) is 0 Å². The molecule has 2 rings (SSSR count). The average Bonchev–Trinajstić information content (AvgIpc) is 2.56. The monoisotopic (exact) mass is 210 g/mol. The lowest BCUT2D eigenvalue weighted by molar-refractivity contribution is 0.602. The van der Waals surface area contributed by atoms with Crippen LogP contribution in [0.5, 0.6) is 0 Å². The molecule has 0 amide bonds. The fourth-order valence-corrected chi connectivity index (χ4v) is 2.15. The van der Waals surface area contributed by atoms with Gasteiger partial charge in [-0.15, -0.1) is 0 Å². The van der Waals surface area contributed by atoms with Crippen molar-refractivity contribution in [1.82, 2.24) is 4.98 Å². The van der Waals surface area contributed by atoms with Crippen molar-refractivity contribution in [3.05, 3.63) is 23.5 Å². The van der Waals surface area contributed by atoms with Gasteiger partial charge < -0.3 is 5.32 Å². The first-order chi connectivity index (χ1) is 6.74. The van der Waals surface area contributed by atoms with Crippen LogP contribution in [0.15, 0.2) is 18.3 Å². The highest BCUT2D eigenvalue weighted by Crippen LogP contribution is 2.27. The largest absolute Gasteiger partial charge is 0.381 e. The fraction of sp³-hybridized carbons (Fsp3) is 0.545. The fourth-order valence-electron chi connectivity index (χ4n) is 2.04. The highest BCUT2D eigenvalue weighted by Gasteiger charge is 2.20. The second kappa shape index (κ2) is 4.18. The van der Waals surface area contributed by atoms with Gasteiger partial charge in [0, 0.05) is 6.04 Å². The van der Waals surface area contributed by atoms with Crippen LogP contribution in [-0.2, 0) is 0 Å². The van der Waals surface area contributed by atoms with Gasteiger partial charge >= 0.3 is 0 Å². The molecule has 2 atom stereocenters. The zero-order valence-corrected chi connectivity index (χ0v) is 9.09. The molecule has 1 aromatic heterocycles. The average molecular weight is 211 g/mol. The Labute approximate surface area is 89.7 Å². The third kappa shape index (κ3) is 2.38. The standard InChI is InChI=1S/C11H15ClN2/c1-8-2-3-9(6-8)14-10-4-5-11(12)13-7-10/h4-5,7-9,14H,2-3,6H2,1H3/t8-,9+/m1/s1. The number of nitrogens with one attached hydrogen (secondary N) is 1. The third-order valence-electron chi connectivity index (χ3n) is 2.79. The molecule has 1 N–H and O–H groups in total. The summed E-state index contributed by atoms with van der Waals surface area (Å²) in [5, 5.41) is 4.03. The van der Waals surface area contributed by atoms with Crippen LogP contribution in [0.1, 0.15) is 26.2 Å². The Hall–Kier alpha value is -0.760. The van der Waals surface area contributed by atoms with E-state index in [4.69, 9.17) is 11.6 Å². The van der Waals surface area contributed by atoms with Gasteiger partial charge in [-0.25, -0.2) is 4.98 Å². The molecule has 0 unspecified atom stereocenters. The molecule has 14 heavy (non-hydrogen) atoms. The minimum Gasteiger partial charge on any atom is -0.381 e. The summed E-state index contributed by atoms with van der Waals surface area (Å²) in [6.07, 6.45) is 5.66. The molecule has 1 aromatic rings. The normalized spacial score (nSPS) is 26.4. The molecule has 76 valence electrons. The van der Waals surface area contributed by atoms with Crippen molar-refractivity contribution in [2.75, 3.05) is 5.32 Å². The van der Waals surface area contributed by atoms with Crippen molar-refractivity contribution in [2.24, 2.45) is 5.92 Å². The Morgan fingerprint density at radius 2 is 2.29 bits per heavy atom. The van der Waals surface area contributed by atoms with Crippen molar-refractivity contribution >= 4 is 17.3 Å². The molecule has 3 heteroatoms. The molecule has 1 heterocycles. The number of anilines is 1. The molecular weight excluding hydrogens is 196 g/mol. The van der Waals surface area contributed by atoms with Crippen LogP contribution in [0, 0.1) is 5.92 Å². The highest BCUT2D eigenvalue weighted by atomic mass is 35.5. The number of halogens is 1. The van der Waals surface area contributed by atoms with E-state index in [2.05, 4.69) is 17.2 Å². The van der Waals surface area contributed by atoms with Gasteiger partial charge in [-0.05, 0) is 37.3 Å². The van der Waals surface area contributed by atoms with E-state index in [1.165, 1.54) is 19.3 Å². The van der Waals surface area contributed by atoms with Crippen LogP contribution >= 0.6 is 11.6 Å². The quantitative estimate of drug-likeness (QED) is 0.758. The summed E-state index contributed by atoms with van der Waals surface area (Å²) in [6.45, 7) is 2.31. The summed E-state index contributed by atoms with van der Waals surface area (Å²) in [5.41, 5.74) is 1.08. The lowest BCUT2D eigenvalue weighted by atomic mass is 10.1. The van der Waals surface area contributed by atoms with E-state index in [0.29, 0.717) is 11.2 Å². The van der Waals surface area contributed by atoms with Gasteiger partial charge in [0.2, 0.25) is 0 Å². The van der Waals surface area contributed by atoms with Crippen molar-refractivity contribution in [2.45, 2.75) is 32.2 Å². The third-order valence-corrected chi connectivity index (χ3v) is 3.02. The first-order valence-electron chi connectivity index (χ1n) is 5.12. The summed E-state index contributed by atoms with van der Waals surface area (Å²) >= 11 is 5.71. The minimum absolute atomic E-state index is 0.551. The Morgan fingerprint density at radius 1 is 1.43 bits per heavy atom. The Morgan fingerprint density at radius 3 is 2.86 bits per heavy atom. The molecule has 2 nitrogen and oxygen atoms in total. The highest BCUT2D eigenvalue weighted by molar-refractivity contribution is 6.29. The van der Waals surface area contributed by atoms with Crippen LogP contribution in [-0.4, -0.2) is 11.0 Å². The second-order valence-corrected chi connectivity index (χ2v) is 4.52. The smallest absolute Gasteiger partial charge is 0.129 e. The molecule has 0 aromatic carbocycles. The van der Waals surface area contributed by atoms with Crippen LogP contribution in [0.3, 0.4) is 0 Å². The zero-order chi connectivity index (χ0) is 9.97. The molecule has 0 radical (unpaired) electrons. The van der Waals surface area contributed by atoms with Gasteiger partial charge in [-0.2, -0.15) is 0 Å². The summed E-state index contributed by atoms with van der Waals surface area (Å²) < 4.78 is 0. The molecule has 1 saturated carbocycles. The summed E-state index contributed by atoms with van der Waals surface area (Å²) in [5.74, 6) is 0.854. The molecule has 0 aliphatic heterocycles. The van der Waals surface area contributed by atoms with Gasteiger partial charge in [0.15, 0.2) is 0 Å². The Balaban J connectivity index is 1.94.